The smallest absolute Gasteiger partial charge is 0.184 e. The Morgan fingerprint density at radius 3 is 2.12 bits per heavy atom. The molecule has 4 nitrogen and oxygen atoms in total. The maximum absolute atomic E-state index is 12.0. The summed E-state index contributed by atoms with van der Waals surface area (Å²) in [4.78, 5) is 11.8. The SMILES string of the molecule is Cc1ccc(S(=O)(=O)[O-])cc1.O=C(C[S+]1CCCC1)C1CCCCC1. The average molecular weight is 385 g/mol. The molecule has 0 atom stereocenters. The van der Waals surface area contributed by atoms with Crippen LogP contribution in [-0.2, 0) is 25.8 Å². The van der Waals surface area contributed by atoms with Gasteiger partial charge in [0.25, 0.3) is 0 Å². The van der Waals surface area contributed by atoms with E-state index in [1.807, 2.05) is 6.92 Å². The standard InChI is InChI=1S/C12H21OS.C7H8O3S/c13-12(10-14-8-4-5-9-14)11-6-2-1-3-7-11;1-6-2-4-7(5-3-6)11(8,9)10/h11H,1-10H2;2-5H,1H3,(H,8,9,10)/q+1;/p-1. The molecule has 1 saturated heterocycles. The largest absolute Gasteiger partial charge is 0.744 e. The molecule has 0 aromatic heterocycles. The van der Waals surface area contributed by atoms with Gasteiger partial charge in [0, 0.05) is 5.92 Å². The molecule has 0 amide bonds. The van der Waals surface area contributed by atoms with E-state index in [-0.39, 0.29) is 4.90 Å². The van der Waals surface area contributed by atoms with Gasteiger partial charge in [0.15, 0.2) is 11.5 Å². The zero-order chi connectivity index (χ0) is 18.3. The molecule has 25 heavy (non-hydrogen) atoms. The van der Waals surface area contributed by atoms with Gasteiger partial charge in [0.05, 0.1) is 4.90 Å². The molecule has 3 rings (SSSR count). The van der Waals surface area contributed by atoms with Crippen LogP contribution >= 0.6 is 0 Å². The molecule has 1 heterocycles. The van der Waals surface area contributed by atoms with Crippen LogP contribution in [0.3, 0.4) is 0 Å². The Bertz CT molecular complexity index is 641. The number of Topliss-reactive ketones (excluding diaryl/α,β-unsaturated/α-hetero) is 1. The lowest BCUT2D eigenvalue weighted by atomic mass is 9.87. The van der Waals surface area contributed by atoms with E-state index >= 15 is 0 Å². The molecular formula is C19H28O4S2. The van der Waals surface area contributed by atoms with Crippen molar-refractivity contribution in [3.8, 4) is 0 Å². The molecule has 2 fully saturated rings. The minimum atomic E-state index is -4.27. The van der Waals surface area contributed by atoms with Gasteiger partial charge >= 0.3 is 0 Å². The highest BCUT2D eigenvalue weighted by atomic mass is 32.2. The maximum Gasteiger partial charge on any atom is 0.184 e. The average Bonchev–Trinajstić information content (AvgIpc) is 3.09. The molecule has 140 valence electrons. The third kappa shape index (κ3) is 7.12. The van der Waals surface area contributed by atoms with E-state index in [1.54, 1.807) is 12.1 Å². The first-order valence-electron chi connectivity index (χ1n) is 9.05. The van der Waals surface area contributed by atoms with Crippen molar-refractivity contribution < 1.29 is 17.8 Å². The van der Waals surface area contributed by atoms with Crippen molar-refractivity contribution in [1.82, 2.24) is 0 Å². The van der Waals surface area contributed by atoms with Crippen LogP contribution in [0.5, 0.6) is 0 Å². The molecule has 0 bridgehead atoms. The number of aryl methyl sites for hydroxylation is 1. The first-order valence-corrected chi connectivity index (χ1v) is 12.2. The van der Waals surface area contributed by atoms with Crippen LogP contribution in [-0.4, -0.2) is 36.0 Å². The Kier molecular flexibility index (Phi) is 7.97. The Labute approximate surface area is 154 Å². The van der Waals surface area contributed by atoms with Gasteiger partial charge in [-0.3, -0.25) is 4.79 Å². The Balaban J connectivity index is 0.000000186. The minimum absolute atomic E-state index is 0.178. The molecule has 2 aliphatic rings. The number of carbonyl (C=O) groups excluding carboxylic acids is 1. The third-order valence-corrected chi connectivity index (χ3v) is 8.11. The van der Waals surface area contributed by atoms with Crippen LogP contribution in [0.25, 0.3) is 0 Å². The minimum Gasteiger partial charge on any atom is -0.744 e. The summed E-state index contributed by atoms with van der Waals surface area (Å²) in [6.45, 7) is 1.82. The van der Waals surface area contributed by atoms with Crippen LogP contribution in [0.2, 0.25) is 0 Å². The molecule has 1 saturated carbocycles. The molecule has 0 unspecified atom stereocenters. The lowest BCUT2D eigenvalue weighted by Gasteiger charge is -2.19. The molecule has 0 N–H and O–H groups in total. The Hall–Kier alpha value is -0.850. The van der Waals surface area contributed by atoms with Crippen molar-refractivity contribution in [2.45, 2.75) is 56.8 Å². The first kappa shape index (κ1) is 20.5. The summed E-state index contributed by atoms with van der Waals surface area (Å²) < 4.78 is 31.2. The quantitative estimate of drug-likeness (QED) is 0.589. The van der Waals surface area contributed by atoms with Gasteiger partial charge in [-0.2, -0.15) is 0 Å². The van der Waals surface area contributed by atoms with Gasteiger partial charge in [-0.15, -0.1) is 0 Å². The molecule has 0 spiro atoms. The van der Waals surface area contributed by atoms with Gasteiger partial charge < -0.3 is 4.55 Å². The predicted octanol–water partition coefficient (Wildman–Crippen LogP) is 3.45. The zero-order valence-electron chi connectivity index (χ0n) is 14.9. The predicted molar refractivity (Wildman–Crippen MR) is 102 cm³/mol. The molecule has 1 aliphatic carbocycles. The normalized spacial score (nSPS) is 19.3. The number of rotatable bonds is 4. The second-order valence-electron chi connectivity index (χ2n) is 6.94. The maximum atomic E-state index is 12.0. The fourth-order valence-corrected chi connectivity index (χ4v) is 6.13. The van der Waals surface area contributed by atoms with Crippen molar-refractivity contribution in [3.05, 3.63) is 29.8 Å². The fourth-order valence-electron chi connectivity index (χ4n) is 3.31. The second kappa shape index (κ2) is 9.74. The van der Waals surface area contributed by atoms with Gasteiger partial charge in [0.1, 0.15) is 21.6 Å². The highest BCUT2D eigenvalue weighted by Gasteiger charge is 2.31. The van der Waals surface area contributed by atoms with Crippen LogP contribution in [0, 0.1) is 12.8 Å². The van der Waals surface area contributed by atoms with Crippen molar-refractivity contribution in [3.63, 3.8) is 0 Å². The first-order chi connectivity index (χ1) is 11.9. The number of benzene rings is 1. The van der Waals surface area contributed by atoms with E-state index in [9.17, 15) is 17.8 Å². The Morgan fingerprint density at radius 2 is 1.60 bits per heavy atom. The van der Waals surface area contributed by atoms with Crippen LogP contribution in [0.15, 0.2) is 29.2 Å². The van der Waals surface area contributed by atoms with Crippen molar-refractivity contribution >= 4 is 26.8 Å². The summed E-state index contributed by atoms with van der Waals surface area (Å²) >= 11 is 0. The van der Waals surface area contributed by atoms with Crippen LogP contribution in [0.4, 0.5) is 0 Å². The summed E-state index contributed by atoms with van der Waals surface area (Å²) in [7, 11) is -3.78. The summed E-state index contributed by atoms with van der Waals surface area (Å²) in [5.41, 5.74) is 0.928. The summed E-state index contributed by atoms with van der Waals surface area (Å²) in [6, 6.07) is 5.78. The lowest BCUT2D eigenvalue weighted by Crippen LogP contribution is -2.26. The fraction of sp³-hybridized carbons (Fsp3) is 0.632. The zero-order valence-corrected chi connectivity index (χ0v) is 16.5. The van der Waals surface area contributed by atoms with Gasteiger partial charge in [-0.25, -0.2) is 8.42 Å². The van der Waals surface area contributed by atoms with Crippen LogP contribution < -0.4 is 0 Å². The van der Waals surface area contributed by atoms with Crippen molar-refractivity contribution in [1.29, 1.82) is 0 Å². The molecule has 0 radical (unpaired) electrons. The van der Waals surface area contributed by atoms with E-state index in [4.69, 9.17) is 0 Å². The number of hydrogen-bond donors (Lipinski definition) is 0. The molecular weight excluding hydrogens is 356 g/mol. The van der Waals surface area contributed by atoms with Gasteiger partial charge in [0.2, 0.25) is 0 Å². The number of ketones is 1. The van der Waals surface area contributed by atoms with Gasteiger partial charge in [-0.1, -0.05) is 37.0 Å². The molecule has 1 aromatic carbocycles. The lowest BCUT2D eigenvalue weighted by molar-refractivity contribution is -0.121. The molecule has 1 aliphatic heterocycles. The monoisotopic (exact) mass is 384 g/mol. The summed E-state index contributed by atoms with van der Waals surface area (Å²) in [5.74, 6) is 4.69. The molecule has 6 heteroatoms. The third-order valence-electron chi connectivity index (χ3n) is 4.83. The van der Waals surface area contributed by atoms with E-state index in [0.29, 0.717) is 22.6 Å². The van der Waals surface area contributed by atoms with E-state index in [0.717, 1.165) is 11.3 Å². The topological polar surface area (TPSA) is 74.3 Å². The highest BCUT2D eigenvalue weighted by molar-refractivity contribution is 7.97. The summed E-state index contributed by atoms with van der Waals surface area (Å²) in [5, 5.41) is 0. The van der Waals surface area contributed by atoms with E-state index in [2.05, 4.69) is 0 Å². The van der Waals surface area contributed by atoms with Crippen LogP contribution in [0.1, 0.15) is 50.5 Å². The number of carbonyl (C=O) groups is 1. The van der Waals surface area contributed by atoms with E-state index < -0.39 is 10.1 Å². The number of hydrogen-bond acceptors (Lipinski definition) is 4. The highest BCUT2D eigenvalue weighted by Crippen LogP contribution is 2.26. The second-order valence-corrected chi connectivity index (χ2v) is 10.7. The summed E-state index contributed by atoms with van der Waals surface area (Å²) in [6.07, 6.45) is 9.08. The molecule has 1 aromatic rings. The van der Waals surface area contributed by atoms with Crippen molar-refractivity contribution in [2.75, 3.05) is 17.3 Å². The van der Waals surface area contributed by atoms with Gasteiger partial charge in [-0.05, 0) is 55.6 Å². The Morgan fingerprint density at radius 1 is 1.04 bits per heavy atom. The van der Waals surface area contributed by atoms with Crippen molar-refractivity contribution in [2.24, 2.45) is 5.92 Å². The van der Waals surface area contributed by atoms with E-state index in [1.165, 1.54) is 68.6 Å².